The average Bonchev–Trinajstić information content (AvgIpc) is 3.29. The first-order valence-electron chi connectivity index (χ1n) is 27.1. The fraction of sp³-hybridized carbons (Fsp3) is 0.741. The van der Waals surface area contributed by atoms with Crippen LogP contribution in [0.15, 0.2) is 72.9 Å². The van der Waals surface area contributed by atoms with Gasteiger partial charge in [-0.25, -0.2) is 4.79 Å². The van der Waals surface area contributed by atoms with Gasteiger partial charge in [-0.2, -0.15) is 0 Å². The lowest BCUT2D eigenvalue weighted by molar-refractivity contribution is -0.870. The number of likely N-dealkylation sites (N-methyl/N-ethyl adjacent to an activating group) is 1. The summed E-state index contributed by atoms with van der Waals surface area (Å²) in [5.41, 5.74) is 0. The van der Waals surface area contributed by atoms with E-state index in [1.165, 1.54) is 96.3 Å². The number of aliphatic carboxylic acids is 1. The van der Waals surface area contributed by atoms with Gasteiger partial charge in [0.15, 0.2) is 6.10 Å². The maximum atomic E-state index is 12.8. The van der Waals surface area contributed by atoms with Gasteiger partial charge >= 0.3 is 17.9 Å². The van der Waals surface area contributed by atoms with Crippen LogP contribution in [0.25, 0.3) is 0 Å². The second-order valence-electron chi connectivity index (χ2n) is 19.2. The van der Waals surface area contributed by atoms with E-state index in [-0.39, 0.29) is 38.6 Å². The van der Waals surface area contributed by atoms with E-state index in [0.29, 0.717) is 11.0 Å². The largest absolute Gasteiger partial charge is 0.477 e. The summed E-state index contributed by atoms with van der Waals surface area (Å²) in [6.45, 7) is 4.68. The number of hydrogen-bond acceptors (Lipinski definition) is 7. The molecule has 1 N–H and O–H groups in total. The van der Waals surface area contributed by atoms with Crippen molar-refractivity contribution in [3.63, 3.8) is 0 Å². The lowest BCUT2D eigenvalue weighted by Gasteiger charge is -2.25. The Morgan fingerprint density at radius 3 is 1.27 bits per heavy atom. The summed E-state index contributed by atoms with van der Waals surface area (Å²) in [5.74, 6) is -2.02. The Morgan fingerprint density at radius 2 is 0.851 bits per heavy atom. The molecule has 0 saturated heterocycles. The standard InChI is InChI=1S/C58H101NO8/c1-6-8-10-12-14-16-18-20-21-22-23-24-25-26-27-28-29-30-31-32-33-34-35-37-39-41-43-45-47-49-56(61)67-54(53-66-58(57(62)63)64-51-50-59(3,4)5)52-65-55(60)48-46-44-42-40-38-36-19-17-15-13-11-9-7-2/h8,10-11,13-14,16-17,19-21,23-24,54,58H,6-7,9,12,15,18,22,25-53H2,1-5H3/p+1/b10-8-,13-11-,16-14-,19-17-,21-20-,24-23-. The number of nitrogens with zero attached hydrogens (tertiary/aromatic N) is 1. The van der Waals surface area contributed by atoms with Crippen molar-refractivity contribution in [3.05, 3.63) is 72.9 Å². The van der Waals surface area contributed by atoms with Gasteiger partial charge in [0.2, 0.25) is 0 Å². The number of carbonyl (C=O) groups is 3. The van der Waals surface area contributed by atoms with Crippen molar-refractivity contribution < 1.29 is 42.9 Å². The third kappa shape index (κ3) is 50.4. The molecule has 2 atom stereocenters. The first kappa shape index (κ1) is 63.7. The minimum absolute atomic E-state index is 0.183. The van der Waals surface area contributed by atoms with Crippen LogP contribution < -0.4 is 0 Å². The molecule has 9 heteroatoms. The minimum atomic E-state index is -1.51. The number of carboxylic acids is 1. The Balaban J connectivity index is 4.18. The molecule has 2 unspecified atom stereocenters. The van der Waals surface area contributed by atoms with Gasteiger partial charge in [0, 0.05) is 12.8 Å². The molecule has 0 rings (SSSR count). The SMILES string of the molecule is CC/C=C\C/C=C\C/C=C\C/C=C\CCCCCCCCCCCCCCCCCCC(=O)OC(COC(=O)CCCCCCC/C=C\C/C=C\CCC)COC(OCC[N+](C)(C)C)C(=O)O. The predicted molar refractivity (Wildman–Crippen MR) is 281 cm³/mol. The maximum Gasteiger partial charge on any atom is 0.361 e. The van der Waals surface area contributed by atoms with Crippen LogP contribution in [0.1, 0.15) is 219 Å². The number of carbonyl (C=O) groups excluding carboxylic acids is 2. The lowest BCUT2D eigenvalue weighted by atomic mass is 10.0. The monoisotopic (exact) mass is 941 g/mol. The van der Waals surface area contributed by atoms with Crippen LogP contribution in [0.5, 0.6) is 0 Å². The van der Waals surface area contributed by atoms with E-state index >= 15 is 0 Å². The molecule has 0 bridgehead atoms. The molecule has 0 aromatic heterocycles. The molecule has 0 heterocycles. The number of allylic oxidation sites excluding steroid dienone is 12. The van der Waals surface area contributed by atoms with Crippen LogP contribution >= 0.6 is 0 Å². The Morgan fingerprint density at radius 1 is 0.463 bits per heavy atom. The molecule has 0 aromatic carbocycles. The molecule has 386 valence electrons. The van der Waals surface area contributed by atoms with Crippen LogP contribution in [-0.4, -0.2) is 87.4 Å². The molecule has 0 spiro atoms. The van der Waals surface area contributed by atoms with Crippen molar-refractivity contribution in [3.8, 4) is 0 Å². The normalized spacial score (nSPS) is 13.4. The predicted octanol–water partition coefficient (Wildman–Crippen LogP) is 15.5. The van der Waals surface area contributed by atoms with Crippen molar-refractivity contribution in [2.45, 2.75) is 232 Å². The van der Waals surface area contributed by atoms with Crippen molar-refractivity contribution >= 4 is 17.9 Å². The van der Waals surface area contributed by atoms with Crippen molar-refractivity contribution in [2.75, 3.05) is 47.5 Å². The molecular formula is C58H102NO8+. The summed E-state index contributed by atoms with van der Waals surface area (Å²) in [5, 5.41) is 9.67. The highest BCUT2D eigenvalue weighted by Crippen LogP contribution is 2.16. The molecule has 0 aliphatic heterocycles. The summed E-state index contributed by atoms with van der Waals surface area (Å²) in [6, 6.07) is 0. The molecule has 0 radical (unpaired) electrons. The van der Waals surface area contributed by atoms with E-state index in [9.17, 15) is 19.5 Å². The summed E-state index contributed by atoms with van der Waals surface area (Å²) < 4.78 is 22.8. The number of quaternary nitrogens is 1. The fourth-order valence-electron chi connectivity index (χ4n) is 7.28. The Labute approximate surface area is 411 Å². The smallest absolute Gasteiger partial charge is 0.361 e. The van der Waals surface area contributed by atoms with Gasteiger partial charge in [-0.05, 0) is 77.0 Å². The molecule has 67 heavy (non-hydrogen) atoms. The first-order chi connectivity index (χ1) is 32.6. The van der Waals surface area contributed by atoms with Crippen LogP contribution in [0.3, 0.4) is 0 Å². The first-order valence-corrected chi connectivity index (χ1v) is 27.1. The van der Waals surface area contributed by atoms with Gasteiger partial charge in [0.05, 0.1) is 34.4 Å². The zero-order valence-electron chi connectivity index (χ0n) is 43.8. The Bertz CT molecular complexity index is 1330. The number of esters is 2. The molecule has 0 aromatic rings. The number of ether oxygens (including phenoxy) is 4. The van der Waals surface area contributed by atoms with Crippen molar-refractivity contribution in [1.29, 1.82) is 0 Å². The van der Waals surface area contributed by atoms with E-state index in [4.69, 9.17) is 18.9 Å². The molecule has 0 fully saturated rings. The fourth-order valence-corrected chi connectivity index (χ4v) is 7.28. The highest BCUT2D eigenvalue weighted by Gasteiger charge is 2.25. The van der Waals surface area contributed by atoms with Crippen LogP contribution in [0.4, 0.5) is 0 Å². The molecular weight excluding hydrogens is 839 g/mol. The quantitative estimate of drug-likeness (QED) is 0.0211. The average molecular weight is 941 g/mol. The maximum absolute atomic E-state index is 12.8. The molecule has 0 aliphatic rings. The zero-order valence-corrected chi connectivity index (χ0v) is 43.8. The van der Waals surface area contributed by atoms with Gasteiger partial charge in [0.25, 0.3) is 6.29 Å². The van der Waals surface area contributed by atoms with Gasteiger partial charge in [-0.1, -0.05) is 202 Å². The van der Waals surface area contributed by atoms with Crippen LogP contribution in [0.2, 0.25) is 0 Å². The van der Waals surface area contributed by atoms with Gasteiger partial charge < -0.3 is 28.5 Å². The highest BCUT2D eigenvalue weighted by molar-refractivity contribution is 5.71. The summed E-state index contributed by atoms with van der Waals surface area (Å²) in [6.07, 6.45) is 59.8. The van der Waals surface area contributed by atoms with Gasteiger partial charge in [0.1, 0.15) is 13.2 Å². The van der Waals surface area contributed by atoms with Crippen molar-refractivity contribution in [1.82, 2.24) is 0 Å². The lowest BCUT2D eigenvalue weighted by Crippen LogP contribution is -2.40. The van der Waals surface area contributed by atoms with E-state index in [1.807, 2.05) is 21.1 Å². The Hall–Kier alpha value is -3.27. The van der Waals surface area contributed by atoms with Crippen LogP contribution in [-0.2, 0) is 33.3 Å². The molecule has 0 amide bonds. The van der Waals surface area contributed by atoms with E-state index in [2.05, 4.69) is 86.8 Å². The van der Waals surface area contributed by atoms with Gasteiger partial charge in [-0.15, -0.1) is 0 Å². The van der Waals surface area contributed by atoms with Crippen LogP contribution in [0, 0.1) is 0 Å². The Kier molecular flexibility index (Phi) is 46.8. The van der Waals surface area contributed by atoms with Crippen molar-refractivity contribution in [2.24, 2.45) is 0 Å². The van der Waals surface area contributed by atoms with Gasteiger partial charge in [-0.3, -0.25) is 9.59 Å². The summed E-state index contributed by atoms with van der Waals surface area (Å²) >= 11 is 0. The van der Waals surface area contributed by atoms with E-state index in [1.54, 1.807) is 0 Å². The third-order valence-corrected chi connectivity index (χ3v) is 11.4. The number of carboxylic acid groups (broad SMARTS) is 1. The topological polar surface area (TPSA) is 108 Å². The highest BCUT2D eigenvalue weighted by atomic mass is 16.7. The summed E-state index contributed by atoms with van der Waals surface area (Å²) in [4.78, 5) is 37.3. The van der Waals surface area contributed by atoms with E-state index < -0.39 is 24.3 Å². The number of rotatable bonds is 49. The number of hydrogen-bond donors (Lipinski definition) is 1. The zero-order chi connectivity index (χ0) is 49.2. The summed E-state index contributed by atoms with van der Waals surface area (Å²) in [7, 11) is 5.96. The molecule has 0 saturated carbocycles. The third-order valence-electron chi connectivity index (χ3n) is 11.4. The molecule has 0 aliphatic carbocycles. The second kappa shape index (κ2) is 49.2. The minimum Gasteiger partial charge on any atom is -0.477 e. The van der Waals surface area contributed by atoms with E-state index in [0.717, 1.165) is 96.3 Å². The molecule has 9 nitrogen and oxygen atoms in total. The second-order valence-corrected chi connectivity index (χ2v) is 19.2. The number of unbranched alkanes of at least 4 members (excludes halogenated alkanes) is 22.